The first-order chi connectivity index (χ1) is 13.3. The summed E-state index contributed by atoms with van der Waals surface area (Å²) >= 11 is 0. The molecule has 0 saturated carbocycles. The number of carbonyl (C=O) groups is 3. The number of nitro groups is 1. The lowest BCUT2D eigenvalue weighted by molar-refractivity contribution is -0.384. The van der Waals surface area contributed by atoms with E-state index in [-0.39, 0.29) is 11.3 Å². The number of likely N-dealkylation sites (tertiary alicyclic amines) is 1. The van der Waals surface area contributed by atoms with Gasteiger partial charge in [0.25, 0.3) is 11.6 Å². The number of nitrogens with zero attached hydrogens (tertiary/aromatic N) is 2. The summed E-state index contributed by atoms with van der Waals surface area (Å²) in [6.07, 6.45) is -2.54. The average molecular weight is 406 g/mol. The van der Waals surface area contributed by atoms with Crippen LogP contribution in [0.3, 0.4) is 0 Å². The molecule has 1 aromatic carbocycles. The third-order valence-corrected chi connectivity index (χ3v) is 4.60. The molecule has 2 aliphatic heterocycles. The van der Waals surface area contributed by atoms with Gasteiger partial charge >= 0.3 is 12.1 Å². The predicted octanol–water partition coefficient (Wildman–Crippen LogP) is 2.44. The Labute approximate surface area is 166 Å². The van der Waals surface area contributed by atoms with Gasteiger partial charge in [-0.05, 0) is 46.8 Å². The molecule has 2 aliphatic rings. The Morgan fingerprint density at radius 3 is 2.21 bits per heavy atom. The van der Waals surface area contributed by atoms with Gasteiger partial charge in [-0.15, -0.1) is 0 Å². The van der Waals surface area contributed by atoms with Gasteiger partial charge in [0, 0.05) is 12.1 Å². The highest BCUT2D eigenvalue weighted by Gasteiger charge is 2.67. The Morgan fingerprint density at radius 1 is 1.21 bits per heavy atom. The molecule has 0 aromatic heterocycles. The van der Waals surface area contributed by atoms with Crippen molar-refractivity contribution in [2.75, 3.05) is 0 Å². The molecule has 10 nitrogen and oxygen atoms in total. The minimum absolute atomic E-state index is 0.0499. The normalized spacial score (nSPS) is 25.1. The lowest BCUT2D eigenvalue weighted by Crippen LogP contribution is -2.71. The highest BCUT2D eigenvalue weighted by atomic mass is 16.6. The van der Waals surface area contributed by atoms with E-state index in [1.54, 1.807) is 34.6 Å². The van der Waals surface area contributed by atoms with Gasteiger partial charge in [0.1, 0.15) is 17.7 Å². The summed E-state index contributed by atoms with van der Waals surface area (Å²) in [5.41, 5.74) is -1.51. The van der Waals surface area contributed by atoms with E-state index in [1.165, 1.54) is 12.1 Å². The Kier molecular flexibility index (Phi) is 4.86. The Balaban J connectivity index is 1.75. The number of hydrogen-bond donors (Lipinski definition) is 0. The number of carbonyl (C=O) groups excluding carboxylic acids is 3. The molecule has 10 heteroatoms. The summed E-state index contributed by atoms with van der Waals surface area (Å²) < 4.78 is 16.1. The van der Waals surface area contributed by atoms with Gasteiger partial charge in [-0.2, -0.15) is 0 Å². The van der Waals surface area contributed by atoms with Gasteiger partial charge in [0.05, 0.1) is 16.1 Å². The SMILES string of the molecule is CC(C)(C)OC(=O)N1C(=O)[C@H](OC(=O)c2ccc([N+](=O)[O-])cc2)[C@@H]1[C@H]1OC1(C)C. The first-order valence-corrected chi connectivity index (χ1v) is 9.01. The van der Waals surface area contributed by atoms with Crippen LogP contribution >= 0.6 is 0 Å². The molecule has 2 fully saturated rings. The standard InChI is InChI=1S/C19H22N2O8/c1-18(2,3)29-17(24)20-12(14-19(4,5)28-14)13(15(20)22)27-16(23)10-6-8-11(9-7-10)21(25)26/h6-9,12-14H,1-5H3/t12-,13-,14-/m1/s1. The van der Waals surface area contributed by atoms with E-state index in [2.05, 4.69) is 0 Å². The summed E-state index contributed by atoms with van der Waals surface area (Å²) in [5, 5.41) is 10.7. The van der Waals surface area contributed by atoms with Crippen LogP contribution < -0.4 is 0 Å². The molecule has 3 atom stereocenters. The number of ether oxygens (including phenoxy) is 3. The van der Waals surface area contributed by atoms with Crippen LogP contribution in [-0.4, -0.2) is 57.2 Å². The van der Waals surface area contributed by atoms with Crippen LogP contribution in [0.15, 0.2) is 24.3 Å². The van der Waals surface area contributed by atoms with E-state index >= 15 is 0 Å². The number of benzene rings is 1. The molecule has 0 unspecified atom stereocenters. The molecule has 1 aromatic rings. The lowest BCUT2D eigenvalue weighted by atomic mass is 9.90. The van der Waals surface area contributed by atoms with Crippen LogP contribution in [0.5, 0.6) is 0 Å². The maximum Gasteiger partial charge on any atom is 0.417 e. The highest BCUT2D eigenvalue weighted by Crippen LogP contribution is 2.45. The van der Waals surface area contributed by atoms with Gasteiger partial charge in [-0.3, -0.25) is 14.9 Å². The Bertz CT molecular complexity index is 871. The number of imide groups is 1. The smallest absolute Gasteiger partial charge is 0.417 e. The molecule has 0 bridgehead atoms. The van der Waals surface area contributed by atoms with Gasteiger partial charge in [0.15, 0.2) is 0 Å². The van der Waals surface area contributed by atoms with Crippen molar-refractivity contribution in [2.45, 2.75) is 64.1 Å². The molecule has 0 N–H and O–H groups in total. The Morgan fingerprint density at radius 2 is 1.76 bits per heavy atom. The highest BCUT2D eigenvalue weighted by molar-refractivity contribution is 6.03. The molecule has 3 rings (SSSR count). The number of epoxide rings is 1. The number of non-ortho nitro benzene ring substituents is 1. The third kappa shape index (κ3) is 4.07. The van der Waals surface area contributed by atoms with E-state index in [0.717, 1.165) is 17.0 Å². The van der Waals surface area contributed by atoms with Crippen molar-refractivity contribution in [1.29, 1.82) is 0 Å². The van der Waals surface area contributed by atoms with Crippen molar-refractivity contribution in [2.24, 2.45) is 0 Å². The monoisotopic (exact) mass is 406 g/mol. The van der Waals surface area contributed by atoms with Crippen LogP contribution in [0, 0.1) is 10.1 Å². The second kappa shape index (κ2) is 6.80. The quantitative estimate of drug-likeness (QED) is 0.245. The predicted molar refractivity (Wildman–Crippen MR) is 98.1 cm³/mol. The van der Waals surface area contributed by atoms with Crippen LogP contribution in [-0.2, 0) is 19.0 Å². The maximum absolute atomic E-state index is 12.6. The average Bonchev–Trinajstić information content (AvgIpc) is 3.22. The number of esters is 1. The third-order valence-electron chi connectivity index (χ3n) is 4.60. The molecule has 2 amide bonds. The first-order valence-electron chi connectivity index (χ1n) is 9.01. The summed E-state index contributed by atoms with van der Waals surface area (Å²) in [6, 6.07) is 3.99. The minimum atomic E-state index is -1.21. The van der Waals surface area contributed by atoms with Crippen LogP contribution in [0.2, 0.25) is 0 Å². The molecule has 156 valence electrons. The van der Waals surface area contributed by atoms with Crippen molar-refractivity contribution in [3.63, 3.8) is 0 Å². The zero-order valence-corrected chi connectivity index (χ0v) is 16.7. The topological polar surface area (TPSA) is 129 Å². The minimum Gasteiger partial charge on any atom is -0.446 e. The first kappa shape index (κ1) is 20.7. The molecule has 0 radical (unpaired) electrons. The van der Waals surface area contributed by atoms with Gasteiger partial charge in [-0.25, -0.2) is 14.5 Å². The number of amides is 2. The summed E-state index contributed by atoms with van der Waals surface area (Å²) in [4.78, 5) is 48.4. The number of nitro benzene ring substituents is 1. The molecule has 29 heavy (non-hydrogen) atoms. The van der Waals surface area contributed by atoms with Crippen molar-refractivity contribution in [3.05, 3.63) is 39.9 Å². The fourth-order valence-electron chi connectivity index (χ4n) is 3.10. The largest absolute Gasteiger partial charge is 0.446 e. The van der Waals surface area contributed by atoms with Gasteiger partial charge < -0.3 is 14.2 Å². The molecule has 2 saturated heterocycles. The van der Waals surface area contributed by atoms with Crippen LogP contribution in [0.4, 0.5) is 10.5 Å². The van der Waals surface area contributed by atoms with Crippen LogP contribution in [0.1, 0.15) is 45.0 Å². The molecule has 2 heterocycles. The molecule has 0 aliphatic carbocycles. The van der Waals surface area contributed by atoms with Crippen molar-refractivity contribution < 1.29 is 33.5 Å². The second-order valence-electron chi connectivity index (χ2n) is 8.45. The number of β-lactam (4-membered cyclic amide) rings is 1. The van der Waals surface area contributed by atoms with Crippen molar-refractivity contribution >= 4 is 23.7 Å². The molecule has 0 spiro atoms. The number of rotatable bonds is 4. The fraction of sp³-hybridized carbons (Fsp3) is 0.526. The zero-order chi connectivity index (χ0) is 21.7. The van der Waals surface area contributed by atoms with E-state index < -0.39 is 52.3 Å². The second-order valence-corrected chi connectivity index (χ2v) is 8.45. The summed E-state index contributed by atoms with van der Waals surface area (Å²) in [7, 11) is 0. The van der Waals surface area contributed by atoms with E-state index in [0.29, 0.717) is 0 Å². The molecular formula is C19H22N2O8. The van der Waals surface area contributed by atoms with Gasteiger partial charge in [-0.1, -0.05) is 0 Å². The van der Waals surface area contributed by atoms with Crippen LogP contribution in [0.25, 0.3) is 0 Å². The zero-order valence-electron chi connectivity index (χ0n) is 16.7. The number of hydrogen-bond acceptors (Lipinski definition) is 8. The van der Waals surface area contributed by atoms with E-state index in [4.69, 9.17) is 14.2 Å². The lowest BCUT2D eigenvalue weighted by Gasteiger charge is -2.44. The van der Waals surface area contributed by atoms with Gasteiger partial charge in [0.2, 0.25) is 6.10 Å². The maximum atomic E-state index is 12.6. The van der Waals surface area contributed by atoms with E-state index in [9.17, 15) is 24.5 Å². The fourth-order valence-corrected chi connectivity index (χ4v) is 3.10. The van der Waals surface area contributed by atoms with Crippen molar-refractivity contribution in [3.8, 4) is 0 Å². The summed E-state index contributed by atoms with van der Waals surface area (Å²) in [6.45, 7) is 8.61. The van der Waals surface area contributed by atoms with Crippen molar-refractivity contribution in [1.82, 2.24) is 4.90 Å². The summed E-state index contributed by atoms with van der Waals surface area (Å²) in [5.74, 6) is -1.53. The molecular weight excluding hydrogens is 384 g/mol. The Hall–Kier alpha value is -3.01. The van der Waals surface area contributed by atoms with E-state index in [1.807, 2.05) is 0 Å².